The minimum atomic E-state index is -0.461. The summed E-state index contributed by atoms with van der Waals surface area (Å²) in [7, 11) is 0. The average Bonchev–Trinajstić information content (AvgIpc) is 2.67. The molecule has 1 aliphatic rings. The molecule has 7 heteroatoms. The summed E-state index contributed by atoms with van der Waals surface area (Å²) in [6, 6.07) is 0. The highest BCUT2D eigenvalue weighted by atomic mass is 16.6. The number of hydrogen-bond donors (Lipinski definition) is 1. The Labute approximate surface area is 79.8 Å². The number of morpholine rings is 1. The molecular weight excluding hydrogens is 188 g/mol. The fraction of sp³-hybridized carbons (Fsp3) is 0.571. The first-order valence-electron chi connectivity index (χ1n) is 4.29. The standard InChI is InChI=1S/C7H10N4O3/c12-11(13)7-6(5-8-9-7)10-1-3-14-4-2-10/h5H,1-4H2,(H,8,9). The van der Waals surface area contributed by atoms with Crippen LogP contribution < -0.4 is 4.90 Å². The number of aromatic nitrogens is 2. The van der Waals surface area contributed by atoms with Crippen molar-refractivity contribution in [1.29, 1.82) is 0 Å². The number of ether oxygens (including phenoxy) is 1. The van der Waals surface area contributed by atoms with Crippen LogP contribution >= 0.6 is 0 Å². The van der Waals surface area contributed by atoms with E-state index in [0.717, 1.165) is 0 Å². The largest absolute Gasteiger partial charge is 0.378 e. The van der Waals surface area contributed by atoms with E-state index in [2.05, 4.69) is 10.2 Å². The zero-order valence-electron chi connectivity index (χ0n) is 7.47. The Hall–Kier alpha value is -1.63. The minimum absolute atomic E-state index is 0.0492. The third kappa shape index (κ3) is 1.53. The van der Waals surface area contributed by atoms with Crippen molar-refractivity contribution >= 4 is 11.5 Å². The predicted octanol–water partition coefficient (Wildman–Crippen LogP) is 0.154. The van der Waals surface area contributed by atoms with Gasteiger partial charge in [0.05, 0.1) is 13.2 Å². The third-order valence-corrected chi connectivity index (χ3v) is 2.13. The fourth-order valence-electron chi connectivity index (χ4n) is 1.44. The lowest BCUT2D eigenvalue weighted by Crippen LogP contribution is -2.36. The van der Waals surface area contributed by atoms with Crippen molar-refractivity contribution < 1.29 is 9.66 Å². The Kier molecular flexibility index (Phi) is 2.32. The summed E-state index contributed by atoms with van der Waals surface area (Å²) in [6.45, 7) is 2.53. The van der Waals surface area contributed by atoms with Gasteiger partial charge in [-0.1, -0.05) is 5.10 Å². The molecule has 0 radical (unpaired) electrons. The Morgan fingerprint density at radius 3 is 2.93 bits per heavy atom. The van der Waals surface area contributed by atoms with Gasteiger partial charge in [-0.3, -0.25) is 0 Å². The summed E-state index contributed by atoms with van der Waals surface area (Å²) in [5, 5.41) is 16.6. The lowest BCUT2D eigenvalue weighted by Gasteiger charge is -2.26. The predicted molar refractivity (Wildman–Crippen MR) is 48.3 cm³/mol. The number of hydrogen-bond acceptors (Lipinski definition) is 5. The summed E-state index contributed by atoms with van der Waals surface area (Å²) in [6.07, 6.45) is 1.48. The van der Waals surface area contributed by atoms with E-state index in [1.54, 1.807) is 0 Å². The van der Waals surface area contributed by atoms with Crippen LogP contribution in [0.15, 0.2) is 6.20 Å². The number of rotatable bonds is 2. The monoisotopic (exact) mass is 198 g/mol. The second-order valence-electron chi connectivity index (χ2n) is 2.96. The van der Waals surface area contributed by atoms with Crippen LogP contribution in [0.2, 0.25) is 0 Å². The molecule has 0 amide bonds. The molecule has 1 N–H and O–H groups in total. The quantitative estimate of drug-likeness (QED) is 0.540. The highest BCUT2D eigenvalue weighted by Gasteiger charge is 2.22. The SMILES string of the molecule is O=[N+]([O-])c1[nH]ncc1N1CCOCC1. The van der Waals surface area contributed by atoms with E-state index in [1.165, 1.54) is 6.20 Å². The van der Waals surface area contributed by atoms with Crippen molar-refractivity contribution in [3.8, 4) is 0 Å². The van der Waals surface area contributed by atoms with Crippen molar-refractivity contribution in [2.75, 3.05) is 31.2 Å². The number of nitrogens with one attached hydrogen (secondary N) is 1. The number of H-pyrrole nitrogens is 1. The van der Waals surface area contributed by atoms with E-state index in [9.17, 15) is 10.1 Å². The van der Waals surface area contributed by atoms with E-state index in [0.29, 0.717) is 32.0 Å². The minimum Gasteiger partial charge on any atom is -0.378 e. The zero-order chi connectivity index (χ0) is 9.97. The molecule has 7 nitrogen and oxygen atoms in total. The average molecular weight is 198 g/mol. The molecule has 0 bridgehead atoms. The van der Waals surface area contributed by atoms with Crippen LogP contribution in [0.25, 0.3) is 0 Å². The van der Waals surface area contributed by atoms with Gasteiger partial charge in [-0.05, 0) is 4.92 Å². The van der Waals surface area contributed by atoms with Gasteiger partial charge >= 0.3 is 5.82 Å². The van der Waals surface area contributed by atoms with Crippen molar-refractivity contribution in [2.45, 2.75) is 0 Å². The maximum Gasteiger partial charge on any atom is 0.366 e. The highest BCUT2D eigenvalue weighted by molar-refractivity contribution is 5.58. The molecular formula is C7H10N4O3. The Morgan fingerprint density at radius 1 is 1.57 bits per heavy atom. The summed E-state index contributed by atoms with van der Waals surface area (Å²) in [5.41, 5.74) is 0.540. The van der Waals surface area contributed by atoms with E-state index in [4.69, 9.17) is 4.74 Å². The van der Waals surface area contributed by atoms with E-state index >= 15 is 0 Å². The molecule has 1 aromatic heterocycles. The first-order valence-corrected chi connectivity index (χ1v) is 4.29. The first-order chi connectivity index (χ1) is 6.79. The van der Waals surface area contributed by atoms with Crippen LogP contribution in [0, 0.1) is 10.1 Å². The summed E-state index contributed by atoms with van der Waals surface area (Å²) in [4.78, 5) is 12.0. The zero-order valence-corrected chi connectivity index (χ0v) is 7.47. The molecule has 0 aromatic carbocycles. The van der Waals surface area contributed by atoms with Gasteiger partial charge in [0.25, 0.3) is 0 Å². The third-order valence-electron chi connectivity index (χ3n) is 2.13. The molecule has 14 heavy (non-hydrogen) atoms. The van der Waals surface area contributed by atoms with Crippen molar-refractivity contribution in [1.82, 2.24) is 10.2 Å². The topological polar surface area (TPSA) is 84.3 Å². The molecule has 0 spiro atoms. The second-order valence-corrected chi connectivity index (χ2v) is 2.96. The Balaban J connectivity index is 2.21. The number of nitro groups is 1. The normalized spacial score (nSPS) is 17.0. The molecule has 0 unspecified atom stereocenters. The van der Waals surface area contributed by atoms with Crippen LogP contribution in [0.4, 0.5) is 11.5 Å². The smallest absolute Gasteiger partial charge is 0.366 e. The number of aromatic amines is 1. The van der Waals surface area contributed by atoms with Gasteiger partial charge < -0.3 is 19.8 Å². The van der Waals surface area contributed by atoms with Gasteiger partial charge in [-0.2, -0.15) is 0 Å². The van der Waals surface area contributed by atoms with Gasteiger partial charge in [0, 0.05) is 13.1 Å². The van der Waals surface area contributed by atoms with E-state index in [-0.39, 0.29) is 5.82 Å². The van der Waals surface area contributed by atoms with Crippen molar-refractivity contribution in [3.63, 3.8) is 0 Å². The van der Waals surface area contributed by atoms with E-state index < -0.39 is 4.92 Å². The lowest BCUT2D eigenvalue weighted by atomic mass is 10.3. The highest BCUT2D eigenvalue weighted by Crippen LogP contribution is 2.25. The Morgan fingerprint density at radius 2 is 2.29 bits per heavy atom. The van der Waals surface area contributed by atoms with Crippen LogP contribution in [0.3, 0.4) is 0 Å². The van der Waals surface area contributed by atoms with Gasteiger partial charge in [0.2, 0.25) is 0 Å². The maximum absolute atomic E-state index is 10.6. The van der Waals surface area contributed by atoms with Gasteiger partial charge in [-0.15, -0.1) is 5.10 Å². The van der Waals surface area contributed by atoms with E-state index in [1.807, 2.05) is 4.90 Å². The van der Waals surface area contributed by atoms with Crippen LogP contribution in [0.1, 0.15) is 0 Å². The molecule has 0 saturated carbocycles. The van der Waals surface area contributed by atoms with Gasteiger partial charge in [0.15, 0.2) is 5.69 Å². The molecule has 1 saturated heterocycles. The van der Waals surface area contributed by atoms with Crippen molar-refractivity contribution in [2.24, 2.45) is 0 Å². The summed E-state index contributed by atoms with van der Waals surface area (Å²) >= 11 is 0. The number of anilines is 1. The van der Waals surface area contributed by atoms with Crippen LogP contribution in [-0.4, -0.2) is 41.4 Å². The molecule has 2 rings (SSSR count). The van der Waals surface area contributed by atoms with Crippen molar-refractivity contribution in [3.05, 3.63) is 16.3 Å². The van der Waals surface area contributed by atoms with Gasteiger partial charge in [0.1, 0.15) is 6.20 Å². The summed E-state index contributed by atoms with van der Waals surface area (Å²) in [5.74, 6) is -0.0492. The number of nitrogens with zero attached hydrogens (tertiary/aromatic N) is 3. The molecule has 0 atom stereocenters. The molecule has 76 valence electrons. The first kappa shape index (κ1) is 8.95. The lowest BCUT2D eigenvalue weighted by molar-refractivity contribution is -0.388. The molecule has 1 fully saturated rings. The molecule has 1 aromatic rings. The fourth-order valence-corrected chi connectivity index (χ4v) is 1.44. The van der Waals surface area contributed by atoms with Crippen LogP contribution in [0.5, 0.6) is 0 Å². The Bertz CT molecular complexity index is 331. The molecule has 1 aliphatic heterocycles. The maximum atomic E-state index is 10.6. The van der Waals surface area contributed by atoms with Crippen LogP contribution in [-0.2, 0) is 4.74 Å². The van der Waals surface area contributed by atoms with Gasteiger partial charge in [-0.25, -0.2) is 0 Å². The molecule has 2 heterocycles. The second kappa shape index (κ2) is 3.62. The summed E-state index contributed by atoms with van der Waals surface area (Å²) < 4.78 is 5.16. The molecule has 0 aliphatic carbocycles.